The molecule has 0 aliphatic heterocycles. The van der Waals surface area contributed by atoms with E-state index in [-0.39, 0.29) is 50.6 Å². The minimum absolute atomic E-state index is 0. The van der Waals surface area contributed by atoms with Gasteiger partial charge in [0.1, 0.15) is 0 Å². The maximum atomic E-state index is 11.7. The number of carboxylic acid groups (broad SMARTS) is 2. The maximum absolute atomic E-state index is 11.7. The SMILES string of the molecule is CCCCCCCCCC(CCCCCCCCC)(C(=O)O)C(=O)O.[CaH2]. The molecule has 5 heteroatoms. The molecule has 152 valence electrons. The van der Waals surface area contributed by atoms with Gasteiger partial charge in [-0.25, -0.2) is 0 Å². The van der Waals surface area contributed by atoms with Crippen LogP contribution in [0.3, 0.4) is 0 Å². The number of hydrogen-bond donors (Lipinski definition) is 2. The first-order valence-electron chi connectivity index (χ1n) is 10.5. The molecule has 0 radical (unpaired) electrons. The first-order chi connectivity index (χ1) is 12.0. The molecule has 0 fully saturated rings. The van der Waals surface area contributed by atoms with Gasteiger partial charge in [0.15, 0.2) is 5.41 Å². The third-order valence-electron chi connectivity index (χ3n) is 5.23. The van der Waals surface area contributed by atoms with Gasteiger partial charge in [-0.2, -0.15) is 0 Å². The van der Waals surface area contributed by atoms with E-state index in [9.17, 15) is 19.8 Å². The second-order valence-corrected chi connectivity index (χ2v) is 7.44. The summed E-state index contributed by atoms with van der Waals surface area (Å²) in [4.78, 5) is 23.4. The molecule has 2 N–H and O–H groups in total. The molecule has 26 heavy (non-hydrogen) atoms. The monoisotopic (exact) mass is 398 g/mol. The van der Waals surface area contributed by atoms with E-state index in [2.05, 4.69) is 13.8 Å². The van der Waals surface area contributed by atoms with Crippen molar-refractivity contribution in [3.8, 4) is 0 Å². The Labute approximate surface area is 190 Å². The molecule has 0 aliphatic carbocycles. The molecular formula is C21H42CaO4. The molecule has 0 saturated carbocycles. The molecule has 4 nitrogen and oxygen atoms in total. The van der Waals surface area contributed by atoms with Gasteiger partial charge in [-0.3, -0.25) is 9.59 Å². The Morgan fingerprint density at radius 2 is 0.846 bits per heavy atom. The average molecular weight is 399 g/mol. The molecule has 0 spiro atoms. The van der Waals surface area contributed by atoms with Crippen molar-refractivity contribution in [2.24, 2.45) is 5.41 Å². The van der Waals surface area contributed by atoms with E-state index in [0.717, 1.165) is 25.7 Å². The van der Waals surface area contributed by atoms with Crippen LogP contribution < -0.4 is 0 Å². The molecule has 0 aromatic rings. The number of aliphatic carboxylic acids is 2. The molecule has 0 aromatic carbocycles. The van der Waals surface area contributed by atoms with Crippen molar-refractivity contribution in [1.29, 1.82) is 0 Å². The van der Waals surface area contributed by atoms with Gasteiger partial charge in [0.2, 0.25) is 0 Å². The number of rotatable bonds is 18. The summed E-state index contributed by atoms with van der Waals surface area (Å²) in [6.45, 7) is 4.36. The van der Waals surface area contributed by atoms with Gasteiger partial charge in [0, 0.05) is 0 Å². The predicted octanol–water partition coefficient (Wildman–Crippen LogP) is 5.51. The third kappa shape index (κ3) is 12.6. The van der Waals surface area contributed by atoms with Crippen molar-refractivity contribution in [2.45, 2.75) is 117 Å². The Bertz CT molecular complexity index is 324. The summed E-state index contributed by atoms with van der Waals surface area (Å²) in [6.07, 6.45) is 15.6. The van der Waals surface area contributed by atoms with Crippen LogP contribution in [0, 0.1) is 5.41 Å². The first kappa shape index (κ1) is 28.4. The van der Waals surface area contributed by atoms with Crippen LogP contribution >= 0.6 is 0 Å². The van der Waals surface area contributed by atoms with E-state index < -0.39 is 17.4 Å². The summed E-state index contributed by atoms with van der Waals surface area (Å²) in [7, 11) is 0. The summed E-state index contributed by atoms with van der Waals surface area (Å²) in [6, 6.07) is 0. The van der Waals surface area contributed by atoms with Gasteiger partial charge in [0.25, 0.3) is 0 Å². The molecule has 0 rings (SSSR count). The van der Waals surface area contributed by atoms with Crippen LogP contribution in [-0.4, -0.2) is 59.9 Å². The number of unbranched alkanes of at least 4 members (excludes halogenated alkanes) is 12. The normalized spacial score (nSPS) is 11.2. The van der Waals surface area contributed by atoms with Gasteiger partial charge in [0.05, 0.1) is 0 Å². The summed E-state index contributed by atoms with van der Waals surface area (Å²) in [5, 5.41) is 19.1. The summed E-state index contributed by atoms with van der Waals surface area (Å²) >= 11 is 0. The standard InChI is InChI=1S/C21H40O4.Ca.2H/c1-3-5-7-9-11-13-15-17-21(19(22)23,20(24)25)18-16-14-12-10-8-6-4-2;;;/h3-18H2,1-2H3,(H,22,23)(H,24,25);;;. The summed E-state index contributed by atoms with van der Waals surface area (Å²) in [5.74, 6) is -2.31. The Hall–Kier alpha value is 0.200. The molecule has 0 bridgehead atoms. The van der Waals surface area contributed by atoms with Crippen LogP contribution in [-0.2, 0) is 9.59 Å². The van der Waals surface area contributed by atoms with Crippen LogP contribution in [0.25, 0.3) is 0 Å². The first-order valence-corrected chi connectivity index (χ1v) is 10.5. The zero-order valence-corrected chi connectivity index (χ0v) is 16.5. The van der Waals surface area contributed by atoms with E-state index >= 15 is 0 Å². The second-order valence-electron chi connectivity index (χ2n) is 7.44. The fraction of sp³-hybridized carbons (Fsp3) is 0.905. The van der Waals surface area contributed by atoms with Crippen LogP contribution in [0.2, 0.25) is 0 Å². The Morgan fingerprint density at radius 3 is 1.12 bits per heavy atom. The van der Waals surface area contributed by atoms with Gasteiger partial charge in [-0.1, -0.05) is 104 Å². The topological polar surface area (TPSA) is 74.6 Å². The quantitative estimate of drug-likeness (QED) is 0.181. The van der Waals surface area contributed by atoms with Crippen molar-refractivity contribution in [1.82, 2.24) is 0 Å². The zero-order chi connectivity index (χ0) is 19.0. The Morgan fingerprint density at radius 1 is 0.577 bits per heavy atom. The zero-order valence-electron chi connectivity index (χ0n) is 16.5. The van der Waals surface area contributed by atoms with Crippen molar-refractivity contribution in [2.75, 3.05) is 0 Å². The Kier molecular flexibility index (Phi) is 20.3. The van der Waals surface area contributed by atoms with Gasteiger partial charge in [-0.15, -0.1) is 0 Å². The van der Waals surface area contributed by atoms with E-state index in [1.807, 2.05) is 0 Å². The number of hydrogen-bond acceptors (Lipinski definition) is 2. The van der Waals surface area contributed by atoms with E-state index in [1.165, 1.54) is 51.4 Å². The third-order valence-corrected chi connectivity index (χ3v) is 5.23. The number of carbonyl (C=O) groups is 2. The Balaban J connectivity index is 0. The molecule has 0 unspecified atom stereocenters. The fourth-order valence-corrected chi connectivity index (χ4v) is 3.41. The van der Waals surface area contributed by atoms with E-state index in [0.29, 0.717) is 12.8 Å². The summed E-state index contributed by atoms with van der Waals surface area (Å²) < 4.78 is 0. The molecule has 0 atom stereocenters. The van der Waals surface area contributed by atoms with Crippen LogP contribution in [0.1, 0.15) is 117 Å². The molecule has 0 amide bonds. The fourth-order valence-electron chi connectivity index (χ4n) is 3.41. The van der Waals surface area contributed by atoms with Crippen molar-refractivity contribution < 1.29 is 19.8 Å². The van der Waals surface area contributed by atoms with Crippen LogP contribution in [0.4, 0.5) is 0 Å². The molecule has 0 aliphatic rings. The molecular weight excluding hydrogens is 356 g/mol. The minimum atomic E-state index is -1.58. The van der Waals surface area contributed by atoms with Gasteiger partial charge < -0.3 is 10.2 Å². The summed E-state index contributed by atoms with van der Waals surface area (Å²) in [5.41, 5.74) is -1.58. The van der Waals surface area contributed by atoms with Gasteiger partial charge in [-0.05, 0) is 12.8 Å². The molecule has 0 heterocycles. The van der Waals surface area contributed by atoms with Crippen LogP contribution in [0.5, 0.6) is 0 Å². The number of carboxylic acids is 2. The second kappa shape index (κ2) is 18.6. The predicted molar refractivity (Wildman–Crippen MR) is 111 cm³/mol. The van der Waals surface area contributed by atoms with Crippen molar-refractivity contribution in [3.05, 3.63) is 0 Å². The van der Waals surface area contributed by atoms with Crippen molar-refractivity contribution in [3.63, 3.8) is 0 Å². The molecule has 0 aromatic heterocycles. The van der Waals surface area contributed by atoms with Crippen molar-refractivity contribution >= 4 is 49.7 Å². The molecule has 0 saturated heterocycles. The van der Waals surface area contributed by atoms with E-state index in [1.54, 1.807) is 0 Å². The van der Waals surface area contributed by atoms with E-state index in [4.69, 9.17) is 0 Å². The average Bonchev–Trinajstić information content (AvgIpc) is 2.57. The van der Waals surface area contributed by atoms with Gasteiger partial charge >= 0.3 is 49.7 Å². The van der Waals surface area contributed by atoms with Crippen LogP contribution in [0.15, 0.2) is 0 Å².